The number of amides is 3. The third kappa shape index (κ3) is 7.45. The Balaban J connectivity index is 2.81. The van der Waals surface area contributed by atoms with E-state index < -0.39 is 47.9 Å². The Morgan fingerprint density at radius 1 is 0.889 bits per heavy atom. The topological polar surface area (TPSA) is 151 Å². The van der Waals surface area contributed by atoms with Crippen molar-refractivity contribution in [2.75, 3.05) is 0 Å². The lowest BCUT2D eigenvalue weighted by atomic mass is 10.0. The van der Waals surface area contributed by atoms with E-state index in [0.717, 1.165) is 5.56 Å². The lowest BCUT2D eigenvalue weighted by Gasteiger charge is -2.22. The van der Waals surface area contributed by atoms with Crippen molar-refractivity contribution in [1.82, 2.24) is 16.0 Å². The number of carboxylic acids is 1. The number of carbonyl (C=O) groups excluding carboxylic acids is 3. The molecule has 4 unspecified atom stereocenters. The van der Waals surface area contributed by atoms with Gasteiger partial charge < -0.3 is 26.8 Å². The number of aliphatic carboxylic acids is 1. The molecule has 148 valence electrons. The zero-order valence-corrected chi connectivity index (χ0v) is 15.6. The zero-order valence-electron chi connectivity index (χ0n) is 15.6. The van der Waals surface area contributed by atoms with Crippen LogP contribution in [0.5, 0.6) is 0 Å². The summed E-state index contributed by atoms with van der Waals surface area (Å²) in [4.78, 5) is 47.3. The molecular weight excluding hydrogens is 352 g/mol. The van der Waals surface area contributed by atoms with Crippen LogP contribution in [0.2, 0.25) is 0 Å². The molecule has 0 radical (unpaired) electrons. The molecule has 9 heteroatoms. The predicted octanol–water partition coefficient (Wildman–Crippen LogP) is -0.845. The number of hydrogen-bond donors (Lipinski definition) is 5. The average molecular weight is 378 g/mol. The van der Waals surface area contributed by atoms with Crippen LogP contribution in [0.4, 0.5) is 0 Å². The van der Waals surface area contributed by atoms with E-state index in [1.54, 1.807) is 12.1 Å². The fourth-order valence-electron chi connectivity index (χ4n) is 2.14. The molecule has 0 aromatic heterocycles. The minimum Gasteiger partial charge on any atom is -0.480 e. The maximum atomic E-state index is 12.6. The summed E-state index contributed by atoms with van der Waals surface area (Å²) in [7, 11) is 0. The van der Waals surface area contributed by atoms with Gasteiger partial charge >= 0.3 is 5.97 Å². The minimum atomic E-state index is -1.19. The number of carboxylic acid groups (broad SMARTS) is 1. The predicted molar refractivity (Wildman–Crippen MR) is 98.6 cm³/mol. The van der Waals surface area contributed by atoms with Crippen LogP contribution in [-0.2, 0) is 25.6 Å². The minimum absolute atomic E-state index is 0.213. The van der Waals surface area contributed by atoms with Crippen LogP contribution in [0.25, 0.3) is 0 Å². The molecule has 0 bridgehead atoms. The van der Waals surface area contributed by atoms with Gasteiger partial charge in [0.05, 0.1) is 6.04 Å². The van der Waals surface area contributed by atoms with Crippen LogP contribution >= 0.6 is 0 Å². The first-order valence-electron chi connectivity index (χ1n) is 8.55. The van der Waals surface area contributed by atoms with Gasteiger partial charge in [0.2, 0.25) is 17.7 Å². The van der Waals surface area contributed by atoms with Crippen LogP contribution in [0, 0.1) is 0 Å². The smallest absolute Gasteiger partial charge is 0.325 e. The van der Waals surface area contributed by atoms with Gasteiger partial charge in [-0.05, 0) is 26.3 Å². The molecule has 3 amide bonds. The Kier molecular flexibility index (Phi) is 8.40. The van der Waals surface area contributed by atoms with Crippen molar-refractivity contribution in [3.63, 3.8) is 0 Å². The van der Waals surface area contributed by atoms with Crippen LogP contribution < -0.4 is 21.7 Å². The van der Waals surface area contributed by atoms with Crippen LogP contribution in [0.1, 0.15) is 26.3 Å². The van der Waals surface area contributed by atoms with Crippen LogP contribution in [0.15, 0.2) is 30.3 Å². The van der Waals surface area contributed by atoms with E-state index in [1.165, 1.54) is 20.8 Å². The summed E-state index contributed by atoms with van der Waals surface area (Å²) in [5.41, 5.74) is 6.37. The lowest BCUT2D eigenvalue weighted by Crippen LogP contribution is -2.56. The van der Waals surface area contributed by atoms with Gasteiger partial charge in [-0.1, -0.05) is 30.3 Å². The van der Waals surface area contributed by atoms with E-state index >= 15 is 0 Å². The molecule has 1 aromatic rings. The first kappa shape index (κ1) is 22.1. The van der Waals surface area contributed by atoms with Gasteiger partial charge in [0, 0.05) is 6.42 Å². The van der Waals surface area contributed by atoms with Crippen molar-refractivity contribution >= 4 is 23.7 Å². The van der Waals surface area contributed by atoms with Crippen LogP contribution in [-0.4, -0.2) is 53.0 Å². The summed E-state index contributed by atoms with van der Waals surface area (Å²) >= 11 is 0. The highest BCUT2D eigenvalue weighted by molar-refractivity contribution is 5.93. The summed E-state index contributed by atoms with van der Waals surface area (Å²) in [5, 5.41) is 16.2. The van der Waals surface area contributed by atoms with Crippen molar-refractivity contribution in [2.45, 2.75) is 51.4 Å². The maximum absolute atomic E-state index is 12.6. The first-order chi connectivity index (χ1) is 12.6. The second-order valence-electron chi connectivity index (χ2n) is 6.34. The van der Waals surface area contributed by atoms with Crippen molar-refractivity contribution in [2.24, 2.45) is 5.73 Å². The molecular formula is C18H26N4O5. The molecule has 9 nitrogen and oxygen atoms in total. The summed E-state index contributed by atoms with van der Waals surface area (Å²) in [6.45, 7) is 4.24. The van der Waals surface area contributed by atoms with E-state index in [4.69, 9.17) is 10.8 Å². The number of nitrogens with two attached hydrogens (primary N) is 1. The standard InChI is InChI=1S/C18H26N4O5/c1-10(19)15(23)22-14(9-13-7-5-4-6-8-13)17(25)20-11(2)16(24)21-12(3)18(26)27/h4-8,10-12,14H,9,19H2,1-3H3,(H,20,25)(H,21,24)(H,22,23)(H,26,27). The molecule has 0 heterocycles. The third-order valence-corrected chi connectivity index (χ3v) is 3.81. The number of nitrogens with one attached hydrogen (secondary N) is 3. The van der Waals surface area contributed by atoms with Gasteiger partial charge in [-0.2, -0.15) is 0 Å². The summed E-state index contributed by atoms with van der Waals surface area (Å²) in [6, 6.07) is 5.26. The molecule has 4 atom stereocenters. The van der Waals surface area contributed by atoms with E-state index in [0.29, 0.717) is 0 Å². The van der Waals surface area contributed by atoms with Gasteiger partial charge in [0.25, 0.3) is 0 Å². The summed E-state index contributed by atoms with van der Waals surface area (Å²) < 4.78 is 0. The maximum Gasteiger partial charge on any atom is 0.325 e. The molecule has 0 spiro atoms. The summed E-state index contributed by atoms with van der Waals surface area (Å²) in [5.74, 6) is -2.90. The Morgan fingerprint density at radius 3 is 1.96 bits per heavy atom. The van der Waals surface area contributed by atoms with E-state index in [9.17, 15) is 19.2 Å². The highest BCUT2D eigenvalue weighted by atomic mass is 16.4. The highest BCUT2D eigenvalue weighted by Gasteiger charge is 2.26. The number of carbonyl (C=O) groups is 4. The number of hydrogen-bond acceptors (Lipinski definition) is 5. The monoisotopic (exact) mass is 378 g/mol. The van der Waals surface area contributed by atoms with E-state index in [2.05, 4.69) is 16.0 Å². The molecule has 0 fully saturated rings. The van der Waals surface area contributed by atoms with Gasteiger partial charge in [0.15, 0.2) is 0 Å². The van der Waals surface area contributed by atoms with Crippen molar-refractivity contribution in [1.29, 1.82) is 0 Å². The van der Waals surface area contributed by atoms with Gasteiger partial charge in [-0.25, -0.2) is 0 Å². The molecule has 0 aliphatic carbocycles. The zero-order chi connectivity index (χ0) is 20.6. The second-order valence-corrected chi connectivity index (χ2v) is 6.34. The molecule has 6 N–H and O–H groups in total. The SMILES string of the molecule is CC(N)C(=O)NC(Cc1ccccc1)C(=O)NC(C)C(=O)NC(C)C(=O)O. The van der Waals surface area contributed by atoms with Gasteiger partial charge in [-0.15, -0.1) is 0 Å². The molecule has 0 saturated heterocycles. The van der Waals surface area contributed by atoms with E-state index in [-0.39, 0.29) is 6.42 Å². The fourth-order valence-corrected chi connectivity index (χ4v) is 2.14. The van der Waals surface area contributed by atoms with Crippen LogP contribution in [0.3, 0.4) is 0 Å². The molecule has 0 saturated carbocycles. The van der Waals surface area contributed by atoms with Gasteiger partial charge in [0.1, 0.15) is 18.1 Å². The Labute approximate surface area is 157 Å². The number of rotatable bonds is 9. The summed E-state index contributed by atoms with van der Waals surface area (Å²) in [6.07, 6.45) is 0.213. The van der Waals surface area contributed by atoms with Crippen molar-refractivity contribution in [3.8, 4) is 0 Å². The highest BCUT2D eigenvalue weighted by Crippen LogP contribution is 2.04. The largest absolute Gasteiger partial charge is 0.480 e. The van der Waals surface area contributed by atoms with E-state index in [1.807, 2.05) is 18.2 Å². The number of benzene rings is 1. The third-order valence-electron chi connectivity index (χ3n) is 3.81. The van der Waals surface area contributed by atoms with Crippen molar-refractivity contribution < 1.29 is 24.3 Å². The fraction of sp³-hybridized carbons (Fsp3) is 0.444. The first-order valence-corrected chi connectivity index (χ1v) is 8.55. The average Bonchev–Trinajstić information content (AvgIpc) is 2.61. The normalized spacial score (nSPS) is 15.0. The Hall–Kier alpha value is -2.94. The molecule has 1 aromatic carbocycles. The molecule has 0 aliphatic heterocycles. The van der Waals surface area contributed by atoms with Gasteiger partial charge in [-0.3, -0.25) is 19.2 Å². The second kappa shape index (κ2) is 10.3. The lowest BCUT2D eigenvalue weighted by molar-refractivity contribution is -0.141. The molecule has 27 heavy (non-hydrogen) atoms. The molecule has 1 rings (SSSR count). The van der Waals surface area contributed by atoms with Crippen molar-refractivity contribution in [3.05, 3.63) is 35.9 Å². The Bertz CT molecular complexity index is 678. The molecule has 0 aliphatic rings. The quantitative estimate of drug-likeness (QED) is 0.378. The Morgan fingerprint density at radius 2 is 1.44 bits per heavy atom.